The molecule has 2 atom stereocenters. The van der Waals surface area contributed by atoms with Crippen molar-refractivity contribution >= 4 is 19.8 Å². The molecule has 160 valence electrons. The van der Waals surface area contributed by atoms with Gasteiger partial charge in [0, 0.05) is 6.08 Å². The molecule has 0 radical (unpaired) electrons. The van der Waals surface area contributed by atoms with E-state index in [4.69, 9.17) is 14.5 Å². The number of likely N-dealkylation sites (N-methyl/N-ethyl adjacent to an activating group) is 1. The van der Waals surface area contributed by atoms with E-state index >= 15 is 0 Å². The minimum Gasteiger partial charge on any atom is -0.545 e. The molecule has 0 aromatic heterocycles. The lowest BCUT2D eigenvalue weighted by Crippen LogP contribution is -2.45. The van der Waals surface area contributed by atoms with Crippen molar-refractivity contribution < 1.29 is 42.8 Å². The third kappa shape index (κ3) is 13.5. The fourth-order valence-electron chi connectivity index (χ4n) is 1.87. The smallest absolute Gasteiger partial charge is 0.472 e. The molecule has 0 saturated heterocycles. The van der Waals surface area contributed by atoms with Gasteiger partial charge in [0.05, 0.1) is 32.7 Å². The molecule has 0 aliphatic carbocycles. The van der Waals surface area contributed by atoms with Gasteiger partial charge in [-0.2, -0.15) is 0 Å². The second-order valence-electron chi connectivity index (χ2n) is 6.23. The number of carboxylic acids is 2. The zero-order chi connectivity index (χ0) is 21.7. The van der Waals surface area contributed by atoms with Crippen LogP contribution in [0.3, 0.4) is 0 Å². The average Bonchev–Trinajstić information content (AvgIpc) is 2.58. The van der Waals surface area contributed by atoms with Gasteiger partial charge in [-0.15, -0.1) is 0 Å². The van der Waals surface area contributed by atoms with E-state index < -0.39 is 19.8 Å². The van der Waals surface area contributed by atoms with Crippen molar-refractivity contribution in [2.45, 2.75) is 41.0 Å². The van der Waals surface area contributed by atoms with Crippen LogP contribution in [0.1, 0.15) is 41.0 Å². The van der Waals surface area contributed by atoms with E-state index in [0.29, 0.717) is 19.0 Å². The maximum absolute atomic E-state index is 11.2. The second-order valence-corrected chi connectivity index (χ2v) is 7.68. The molecule has 0 fully saturated rings. The number of carbonyl (C=O) groups excluding carboxylic acids is 1. The molecule has 0 aromatic carbocycles. The Labute approximate surface area is 161 Å². The van der Waals surface area contributed by atoms with Gasteiger partial charge in [0.1, 0.15) is 13.2 Å². The Morgan fingerprint density at radius 2 is 1.70 bits per heavy atom. The summed E-state index contributed by atoms with van der Waals surface area (Å²) in [4.78, 5) is 29.7. The molecule has 0 aliphatic rings. The van der Waals surface area contributed by atoms with Crippen LogP contribution in [0, 0.1) is 5.92 Å². The Morgan fingerprint density at radius 1 is 1.19 bits per heavy atom. The van der Waals surface area contributed by atoms with Crippen molar-refractivity contribution in [2.24, 2.45) is 5.92 Å². The summed E-state index contributed by atoms with van der Waals surface area (Å²) in [6, 6.07) is 0. The normalized spacial score (nSPS) is 15.3. The molecule has 0 amide bonds. The summed E-state index contributed by atoms with van der Waals surface area (Å²) >= 11 is 0. The topological polar surface area (TPSA) is 133 Å². The quantitative estimate of drug-likeness (QED) is 0.280. The molecule has 0 aromatic rings. The first-order valence-electron chi connectivity index (χ1n) is 8.99. The number of quaternary nitrogens is 1. The summed E-state index contributed by atoms with van der Waals surface area (Å²) in [5, 5.41) is 18.7. The zero-order valence-corrected chi connectivity index (χ0v) is 18.0. The summed E-state index contributed by atoms with van der Waals surface area (Å²) in [6.07, 6.45) is 1.26. The number of aliphatic carboxylic acids is 2. The minimum atomic E-state index is -3.81. The van der Waals surface area contributed by atoms with Gasteiger partial charge in [-0.25, -0.2) is 9.36 Å². The van der Waals surface area contributed by atoms with E-state index in [1.165, 1.54) is 0 Å². The summed E-state index contributed by atoms with van der Waals surface area (Å²) < 4.78 is 21.4. The Bertz CT molecular complexity index is 531. The van der Waals surface area contributed by atoms with Crippen LogP contribution in [-0.2, 0) is 23.2 Å². The highest BCUT2D eigenvalue weighted by atomic mass is 31.2. The molecule has 0 aliphatic heterocycles. The van der Waals surface area contributed by atoms with Gasteiger partial charge in [0.2, 0.25) is 0 Å². The molecular formula is C17H34NO8P. The lowest BCUT2D eigenvalue weighted by Gasteiger charge is -2.31. The Kier molecular flexibility index (Phi) is 14.3. The van der Waals surface area contributed by atoms with Crippen molar-refractivity contribution in [3.63, 3.8) is 0 Å². The van der Waals surface area contributed by atoms with E-state index in [1.54, 1.807) is 20.8 Å². The average molecular weight is 411 g/mol. The van der Waals surface area contributed by atoms with Gasteiger partial charge in [-0.05, 0) is 38.7 Å². The highest BCUT2D eigenvalue weighted by Gasteiger charge is 2.23. The van der Waals surface area contributed by atoms with Gasteiger partial charge in [-0.1, -0.05) is 13.8 Å². The molecular weight excluding hydrogens is 377 g/mol. The van der Waals surface area contributed by atoms with Crippen LogP contribution in [-0.4, -0.2) is 66.3 Å². The molecule has 27 heavy (non-hydrogen) atoms. The van der Waals surface area contributed by atoms with Gasteiger partial charge in [0.15, 0.2) is 0 Å². The number of phosphoric acid groups is 1. The number of nitrogens with zero attached hydrogens (tertiary/aromatic N) is 1. The predicted octanol–water partition coefficient (Wildman–Crippen LogP) is 1.42. The van der Waals surface area contributed by atoms with Crippen LogP contribution in [0.4, 0.5) is 0 Å². The number of hydrogen-bond donors (Lipinski definition) is 2. The number of carboxylic acid groups (broad SMARTS) is 2. The third-order valence-corrected chi connectivity index (χ3v) is 5.46. The second kappa shape index (κ2) is 13.8. The third-order valence-electron chi connectivity index (χ3n) is 4.36. The number of carbonyl (C=O) groups is 2. The SMILES string of the molecule is CCC(C)/C(=C/C(=O)O)C(=O)[O-].CCOP(=O)(O)OCC[N+](C)(CC)CC. The zero-order valence-electron chi connectivity index (χ0n) is 17.1. The molecule has 9 nitrogen and oxygen atoms in total. The highest BCUT2D eigenvalue weighted by molar-refractivity contribution is 7.47. The maximum Gasteiger partial charge on any atom is 0.472 e. The maximum atomic E-state index is 11.2. The summed E-state index contributed by atoms with van der Waals surface area (Å²) in [7, 11) is -1.72. The fourth-order valence-corrected chi connectivity index (χ4v) is 2.59. The van der Waals surface area contributed by atoms with E-state index in [2.05, 4.69) is 25.4 Å². The van der Waals surface area contributed by atoms with Crippen LogP contribution in [0.25, 0.3) is 0 Å². The number of hydrogen-bond acceptors (Lipinski definition) is 6. The molecule has 0 rings (SSSR count). The van der Waals surface area contributed by atoms with Crippen LogP contribution in [0.15, 0.2) is 11.6 Å². The monoisotopic (exact) mass is 411 g/mol. The molecule has 0 spiro atoms. The molecule has 0 saturated carbocycles. The van der Waals surface area contributed by atoms with Crippen molar-refractivity contribution in [3.8, 4) is 0 Å². The largest absolute Gasteiger partial charge is 0.545 e. The molecule has 0 heterocycles. The minimum absolute atomic E-state index is 0.162. The van der Waals surface area contributed by atoms with Crippen LogP contribution < -0.4 is 5.11 Å². The lowest BCUT2D eigenvalue weighted by atomic mass is 9.98. The summed E-state index contributed by atoms with van der Waals surface area (Å²) in [5.74, 6) is -2.95. The predicted molar refractivity (Wildman–Crippen MR) is 99.7 cm³/mol. The van der Waals surface area contributed by atoms with E-state index in [0.717, 1.165) is 17.6 Å². The lowest BCUT2D eigenvalue weighted by molar-refractivity contribution is -0.906. The first-order chi connectivity index (χ1) is 12.4. The van der Waals surface area contributed by atoms with Gasteiger partial charge in [-0.3, -0.25) is 9.05 Å². The van der Waals surface area contributed by atoms with Crippen molar-refractivity contribution in [1.82, 2.24) is 0 Å². The van der Waals surface area contributed by atoms with Crippen LogP contribution in [0.2, 0.25) is 0 Å². The molecule has 2 unspecified atom stereocenters. The van der Waals surface area contributed by atoms with E-state index in [-0.39, 0.29) is 24.7 Å². The fraction of sp³-hybridized carbons (Fsp3) is 0.765. The van der Waals surface area contributed by atoms with Crippen molar-refractivity contribution in [2.75, 3.05) is 39.9 Å². The Morgan fingerprint density at radius 3 is 2.04 bits per heavy atom. The number of phosphoric ester groups is 1. The first kappa shape index (κ1) is 28.0. The van der Waals surface area contributed by atoms with Gasteiger partial charge < -0.3 is 24.4 Å². The molecule has 2 N–H and O–H groups in total. The first-order valence-corrected chi connectivity index (χ1v) is 10.5. The van der Waals surface area contributed by atoms with Crippen molar-refractivity contribution in [1.29, 1.82) is 0 Å². The van der Waals surface area contributed by atoms with Gasteiger partial charge in [0.25, 0.3) is 0 Å². The van der Waals surface area contributed by atoms with E-state index in [9.17, 15) is 19.3 Å². The van der Waals surface area contributed by atoms with Crippen molar-refractivity contribution in [3.05, 3.63) is 11.6 Å². The van der Waals surface area contributed by atoms with Crippen LogP contribution in [0.5, 0.6) is 0 Å². The Hall–Kier alpha value is -1.25. The molecule has 0 bridgehead atoms. The highest BCUT2D eigenvalue weighted by Crippen LogP contribution is 2.42. The molecule has 10 heteroatoms. The summed E-state index contributed by atoms with van der Waals surface area (Å²) in [6.45, 7) is 12.3. The summed E-state index contributed by atoms with van der Waals surface area (Å²) in [5.41, 5.74) is -0.162. The van der Waals surface area contributed by atoms with E-state index in [1.807, 2.05) is 0 Å². The standard InChI is InChI=1S/C9H22NO4P.C8H12O4/c1-5-10(4,6-2)8-9-14-15(11,12)13-7-3;1-3-5(2)6(8(11)12)4-7(9)10/h5-9H2,1-4H3;4-5H,3H2,1-2H3,(H,9,10)(H,11,12)/b;6-4-. The number of rotatable bonds is 12. The van der Waals surface area contributed by atoms with Crippen LogP contribution >= 0.6 is 7.82 Å². The van der Waals surface area contributed by atoms with Gasteiger partial charge >= 0.3 is 13.8 Å². The Balaban J connectivity index is 0.